The highest BCUT2D eigenvalue weighted by Gasteiger charge is 2.09. The second-order valence-corrected chi connectivity index (χ2v) is 5.27. The summed E-state index contributed by atoms with van der Waals surface area (Å²) in [5.41, 5.74) is 1.06. The Kier molecular flexibility index (Phi) is 6.06. The van der Waals surface area contributed by atoms with E-state index in [0.717, 1.165) is 5.56 Å². The van der Waals surface area contributed by atoms with Crippen LogP contribution in [0.4, 0.5) is 0 Å². The first-order valence-corrected chi connectivity index (χ1v) is 7.19. The second kappa shape index (κ2) is 9.40. The summed E-state index contributed by atoms with van der Waals surface area (Å²) in [7, 11) is 0. The van der Waals surface area contributed by atoms with Crippen molar-refractivity contribution >= 4 is 12.4 Å². The van der Waals surface area contributed by atoms with Gasteiger partial charge < -0.3 is 20.6 Å². The standard InChI is InChI=1S/C18H23NO3.ClH/c1-13(2-3-14-4-8-16(20)9-5-14)19-12-18(22)15-6-10-17(21)11-7-15;/h4-11,13,18-22H,2-3,12H2,1H3;1H/i12D2,18D;. The number of aliphatic hydroxyl groups is 1. The first kappa shape index (κ1) is 14.8. The molecule has 0 heterocycles. The van der Waals surface area contributed by atoms with Crippen molar-refractivity contribution < 1.29 is 19.4 Å². The van der Waals surface area contributed by atoms with Gasteiger partial charge in [0.1, 0.15) is 11.5 Å². The summed E-state index contributed by atoms with van der Waals surface area (Å²) < 4.78 is 24.2. The van der Waals surface area contributed by atoms with Crippen LogP contribution in [0, 0.1) is 0 Å². The average molecular weight is 341 g/mol. The Labute approximate surface area is 147 Å². The van der Waals surface area contributed by atoms with E-state index in [4.69, 9.17) is 4.11 Å². The van der Waals surface area contributed by atoms with Gasteiger partial charge in [-0.25, -0.2) is 0 Å². The van der Waals surface area contributed by atoms with Gasteiger partial charge >= 0.3 is 0 Å². The molecular formula is C18H24ClNO3. The lowest BCUT2D eigenvalue weighted by atomic mass is 10.1. The van der Waals surface area contributed by atoms with Crippen LogP contribution in [0.15, 0.2) is 48.5 Å². The van der Waals surface area contributed by atoms with Crippen LogP contribution in [-0.4, -0.2) is 27.9 Å². The predicted molar refractivity (Wildman–Crippen MR) is 94.2 cm³/mol. The number of aryl methyl sites for hydroxylation is 1. The summed E-state index contributed by atoms with van der Waals surface area (Å²) in [5.74, 6) is 0.176. The molecule has 0 aliphatic rings. The van der Waals surface area contributed by atoms with Crippen molar-refractivity contribution in [3.05, 3.63) is 59.7 Å². The fourth-order valence-corrected chi connectivity index (χ4v) is 2.00. The zero-order valence-corrected chi connectivity index (χ0v) is 13.7. The summed E-state index contributed by atoms with van der Waals surface area (Å²) in [4.78, 5) is 0. The fraction of sp³-hybridized carbons (Fsp3) is 0.333. The first-order chi connectivity index (χ1) is 11.6. The van der Waals surface area contributed by atoms with Crippen LogP contribution in [0.25, 0.3) is 0 Å². The van der Waals surface area contributed by atoms with Crippen molar-refractivity contribution in [2.45, 2.75) is 31.9 Å². The highest BCUT2D eigenvalue weighted by atomic mass is 35.5. The van der Waals surface area contributed by atoms with Gasteiger partial charge in [-0.2, -0.15) is 0 Å². The third-order valence-corrected chi connectivity index (χ3v) is 3.38. The Morgan fingerprint density at radius 2 is 1.57 bits per heavy atom. The Balaban J connectivity index is 0.00000338. The van der Waals surface area contributed by atoms with E-state index in [9.17, 15) is 15.3 Å². The van der Waals surface area contributed by atoms with Gasteiger partial charge in [-0.15, -0.1) is 12.4 Å². The number of hydrogen-bond donors (Lipinski definition) is 4. The summed E-state index contributed by atoms with van der Waals surface area (Å²) >= 11 is 0. The normalized spacial score (nSPS) is 17.0. The Morgan fingerprint density at radius 1 is 1.04 bits per heavy atom. The molecule has 5 heteroatoms. The van der Waals surface area contributed by atoms with Gasteiger partial charge in [-0.05, 0) is 55.2 Å². The number of benzene rings is 2. The van der Waals surface area contributed by atoms with E-state index in [1.807, 2.05) is 0 Å². The van der Waals surface area contributed by atoms with Crippen LogP contribution in [0.2, 0.25) is 0 Å². The molecule has 126 valence electrons. The van der Waals surface area contributed by atoms with E-state index in [2.05, 4.69) is 5.32 Å². The monoisotopic (exact) mass is 340 g/mol. The predicted octanol–water partition coefficient (Wildman–Crippen LogP) is 3.16. The molecule has 2 aromatic carbocycles. The Bertz CT molecular complexity index is 694. The van der Waals surface area contributed by atoms with Gasteiger partial charge in [-0.3, -0.25) is 0 Å². The maximum absolute atomic E-state index is 10.4. The first-order valence-electron chi connectivity index (χ1n) is 8.69. The van der Waals surface area contributed by atoms with Gasteiger partial charge in [0.25, 0.3) is 0 Å². The largest absolute Gasteiger partial charge is 0.508 e. The summed E-state index contributed by atoms with van der Waals surface area (Å²) in [6, 6.07) is 11.8. The molecule has 0 bridgehead atoms. The summed E-state index contributed by atoms with van der Waals surface area (Å²) in [5, 5.41) is 31.6. The van der Waals surface area contributed by atoms with Gasteiger partial charge in [-0.1, -0.05) is 24.3 Å². The van der Waals surface area contributed by atoms with Crippen LogP contribution in [0.5, 0.6) is 11.5 Å². The number of phenolic OH excluding ortho intramolecular Hbond substituents is 2. The average Bonchev–Trinajstić information content (AvgIpc) is 2.54. The molecule has 0 aliphatic carbocycles. The van der Waals surface area contributed by atoms with Crippen LogP contribution in [0.1, 0.15) is 34.7 Å². The number of hydrogen-bond acceptors (Lipinski definition) is 4. The second-order valence-electron chi connectivity index (χ2n) is 5.27. The zero-order chi connectivity index (χ0) is 18.7. The molecule has 0 saturated carbocycles. The summed E-state index contributed by atoms with van der Waals surface area (Å²) in [6.07, 6.45) is -1.25. The number of halogens is 1. The van der Waals surface area contributed by atoms with E-state index < -0.39 is 12.6 Å². The Hall–Kier alpha value is -1.75. The van der Waals surface area contributed by atoms with Crippen LogP contribution in [0.3, 0.4) is 0 Å². The minimum atomic E-state index is -2.51. The van der Waals surface area contributed by atoms with Crippen LogP contribution >= 0.6 is 12.4 Å². The van der Waals surface area contributed by atoms with Crippen molar-refractivity contribution in [3.8, 4) is 11.5 Å². The van der Waals surface area contributed by atoms with Gasteiger partial charge in [0.2, 0.25) is 0 Å². The smallest absolute Gasteiger partial charge is 0.115 e. The number of phenols is 2. The number of aromatic hydroxyl groups is 2. The molecule has 2 rings (SSSR count). The van der Waals surface area contributed by atoms with E-state index in [1.165, 1.54) is 24.3 Å². The van der Waals surface area contributed by atoms with Crippen LogP contribution < -0.4 is 5.32 Å². The topological polar surface area (TPSA) is 72.7 Å². The molecule has 2 aromatic rings. The van der Waals surface area contributed by atoms with Crippen molar-refractivity contribution in [2.24, 2.45) is 0 Å². The molecule has 2 atom stereocenters. The molecule has 2 unspecified atom stereocenters. The number of rotatable bonds is 7. The summed E-state index contributed by atoms with van der Waals surface area (Å²) in [6.45, 7) is -0.608. The van der Waals surface area contributed by atoms with Crippen molar-refractivity contribution in [1.82, 2.24) is 5.32 Å². The highest BCUT2D eigenvalue weighted by molar-refractivity contribution is 5.85. The lowest BCUT2D eigenvalue weighted by molar-refractivity contribution is 0.170. The zero-order valence-electron chi connectivity index (χ0n) is 15.9. The lowest BCUT2D eigenvalue weighted by Crippen LogP contribution is -2.30. The third-order valence-electron chi connectivity index (χ3n) is 3.38. The van der Waals surface area contributed by atoms with Gasteiger partial charge in [0.15, 0.2) is 0 Å². The molecular weight excluding hydrogens is 314 g/mol. The SMILES string of the molecule is Cl.[2H]C([2H])(NC(C)CCc1ccc(O)cc1)C([2H])(O)c1ccc(O)cc1. The lowest BCUT2D eigenvalue weighted by Gasteiger charge is -2.17. The quantitative estimate of drug-likeness (QED) is 0.624. The van der Waals surface area contributed by atoms with E-state index in [-0.39, 0.29) is 35.5 Å². The number of nitrogens with one attached hydrogen (secondary N) is 1. The maximum atomic E-state index is 10.4. The minimum absolute atomic E-state index is 0. The molecule has 0 spiro atoms. The van der Waals surface area contributed by atoms with E-state index in [0.29, 0.717) is 12.8 Å². The molecule has 4 N–H and O–H groups in total. The molecule has 0 saturated heterocycles. The minimum Gasteiger partial charge on any atom is -0.508 e. The van der Waals surface area contributed by atoms with Gasteiger partial charge in [0, 0.05) is 15.3 Å². The molecule has 0 aromatic heterocycles. The molecule has 0 fully saturated rings. The van der Waals surface area contributed by atoms with Crippen molar-refractivity contribution in [1.29, 1.82) is 0 Å². The van der Waals surface area contributed by atoms with E-state index >= 15 is 0 Å². The molecule has 23 heavy (non-hydrogen) atoms. The van der Waals surface area contributed by atoms with Crippen molar-refractivity contribution in [2.75, 3.05) is 6.50 Å². The Morgan fingerprint density at radius 3 is 2.13 bits per heavy atom. The maximum Gasteiger partial charge on any atom is 0.115 e. The van der Waals surface area contributed by atoms with Crippen molar-refractivity contribution in [3.63, 3.8) is 0 Å². The van der Waals surface area contributed by atoms with Crippen LogP contribution in [-0.2, 0) is 6.42 Å². The van der Waals surface area contributed by atoms with E-state index in [1.54, 1.807) is 31.2 Å². The molecule has 0 radical (unpaired) electrons. The highest BCUT2D eigenvalue weighted by Crippen LogP contribution is 2.16. The molecule has 0 aliphatic heterocycles. The third kappa shape index (κ3) is 6.48. The molecule has 0 amide bonds. The van der Waals surface area contributed by atoms with Gasteiger partial charge in [0.05, 0.1) is 7.45 Å². The fourth-order valence-electron chi connectivity index (χ4n) is 2.00. The molecule has 4 nitrogen and oxygen atoms in total.